The number of hydrogen-bond acceptors (Lipinski definition) is 3. The molecule has 0 saturated carbocycles. The molecule has 21 heavy (non-hydrogen) atoms. The van der Waals surface area contributed by atoms with Crippen LogP contribution in [0.25, 0.3) is 0 Å². The largest absolute Gasteiger partial charge is 0.481 e. The molecule has 2 rings (SSSR count). The van der Waals surface area contributed by atoms with Gasteiger partial charge in [0.15, 0.2) is 0 Å². The topological polar surface area (TPSA) is 77.8 Å². The first-order valence-electron chi connectivity index (χ1n) is 7.29. The molecule has 5 nitrogen and oxygen atoms in total. The highest BCUT2D eigenvalue weighted by Crippen LogP contribution is 2.19. The van der Waals surface area contributed by atoms with Crippen LogP contribution >= 0.6 is 0 Å². The second-order valence-corrected chi connectivity index (χ2v) is 5.60. The molecular weight excluding hydrogens is 270 g/mol. The number of aliphatic carboxylic acids is 2. The minimum Gasteiger partial charge on any atom is -0.481 e. The summed E-state index contributed by atoms with van der Waals surface area (Å²) < 4.78 is 0. The van der Waals surface area contributed by atoms with Crippen LogP contribution in [0, 0.1) is 5.92 Å². The number of likely N-dealkylation sites (tertiary alicyclic amines) is 1. The van der Waals surface area contributed by atoms with E-state index in [1.54, 1.807) is 0 Å². The van der Waals surface area contributed by atoms with E-state index in [1.165, 1.54) is 0 Å². The summed E-state index contributed by atoms with van der Waals surface area (Å²) in [4.78, 5) is 23.8. The number of hydrogen-bond donors (Lipinski definition) is 2. The molecule has 1 aromatic rings. The maximum atomic E-state index is 10.9. The Hall–Kier alpha value is -1.88. The summed E-state index contributed by atoms with van der Waals surface area (Å²) in [5.41, 5.74) is 2.20. The van der Waals surface area contributed by atoms with E-state index >= 15 is 0 Å². The number of carboxylic acid groups (broad SMARTS) is 2. The minimum absolute atomic E-state index is 0.146. The Morgan fingerprint density at radius 1 is 1.14 bits per heavy atom. The van der Waals surface area contributed by atoms with E-state index in [1.807, 2.05) is 24.3 Å². The van der Waals surface area contributed by atoms with Gasteiger partial charge in [0.05, 0.1) is 5.92 Å². The molecule has 0 aromatic heterocycles. The van der Waals surface area contributed by atoms with Gasteiger partial charge < -0.3 is 10.2 Å². The van der Waals surface area contributed by atoms with Crippen molar-refractivity contribution in [1.29, 1.82) is 0 Å². The molecule has 1 heterocycles. The van der Waals surface area contributed by atoms with Gasteiger partial charge >= 0.3 is 11.9 Å². The van der Waals surface area contributed by atoms with Gasteiger partial charge in [-0.25, -0.2) is 0 Å². The first-order valence-corrected chi connectivity index (χ1v) is 7.29. The zero-order valence-corrected chi connectivity index (χ0v) is 12.0. The van der Waals surface area contributed by atoms with Crippen molar-refractivity contribution >= 4 is 11.9 Å². The maximum absolute atomic E-state index is 10.9. The van der Waals surface area contributed by atoms with Crippen molar-refractivity contribution in [3.8, 4) is 0 Å². The highest BCUT2D eigenvalue weighted by molar-refractivity contribution is 5.70. The van der Waals surface area contributed by atoms with Crippen LogP contribution in [0.4, 0.5) is 0 Å². The highest BCUT2D eigenvalue weighted by atomic mass is 16.4. The lowest BCUT2D eigenvalue weighted by Gasteiger charge is -2.30. The Labute approximate surface area is 124 Å². The van der Waals surface area contributed by atoms with E-state index < -0.39 is 11.9 Å². The molecule has 1 fully saturated rings. The predicted octanol–water partition coefficient (Wildman–Crippen LogP) is 2.00. The minimum atomic E-state index is -0.781. The Kier molecular flexibility index (Phi) is 5.33. The van der Waals surface area contributed by atoms with Crippen LogP contribution in [-0.2, 0) is 22.6 Å². The fourth-order valence-electron chi connectivity index (χ4n) is 2.73. The van der Waals surface area contributed by atoms with Gasteiger partial charge in [0.1, 0.15) is 0 Å². The van der Waals surface area contributed by atoms with Crippen molar-refractivity contribution in [2.75, 3.05) is 13.1 Å². The van der Waals surface area contributed by atoms with Gasteiger partial charge in [-0.2, -0.15) is 0 Å². The van der Waals surface area contributed by atoms with E-state index in [0.29, 0.717) is 19.3 Å². The van der Waals surface area contributed by atoms with Gasteiger partial charge in [-0.05, 0) is 43.5 Å². The highest BCUT2D eigenvalue weighted by Gasteiger charge is 2.24. The van der Waals surface area contributed by atoms with Crippen molar-refractivity contribution in [3.63, 3.8) is 0 Å². The molecule has 1 aliphatic rings. The molecule has 1 aromatic carbocycles. The zero-order chi connectivity index (χ0) is 15.2. The Morgan fingerprint density at radius 2 is 1.81 bits per heavy atom. The van der Waals surface area contributed by atoms with Gasteiger partial charge in [-0.3, -0.25) is 14.5 Å². The SMILES string of the molecule is O=C(O)CCc1cccc(CN2CCC(C(=O)O)CC2)c1. The molecule has 0 aliphatic carbocycles. The molecule has 114 valence electrons. The van der Waals surface area contributed by atoms with Crippen molar-refractivity contribution in [1.82, 2.24) is 4.90 Å². The van der Waals surface area contributed by atoms with E-state index in [0.717, 1.165) is 30.8 Å². The smallest absolute Gasteiger partial charge is 0.306 e. The second kappa shape index (κ2) is 7.22. The standard InChI is InChI=1S/C16H21NO4/c18-15(19)5-4-12-2-1-3-13(10-12)11-17-8-6-14(7-9-17)16(20)21/h1-3,10,14H,4-9,11H2,(H,18,19)(H,20,21). The van der Waals surface area contributed by atoms with Gasteiger partial charge in [0.25, 0.3) is 0 Å². The molecule has 0 atom stereocenters. The zero-order valence-electron chi connectivity index (χ0n) is 12.0. The van der Waals surface area contributed by atoms with E-state index in [-0.39, 0.29) is 12.3 Å². The third kappa shape index (κ3) is 4.86. The molecule has 1 aliphatic heterocycles. The van der Waals surface area contributed by atoms with Crippen molar-refractivity contribution in [3.05, 3.63) is 35.4 Å². The summed E-state index contributed by atoms with van der Waals surface area (Å²) in [6, 6.07) is 7.99. The monoisotopic (exact) mass is 291 g/mol. The lowest BCUT2D eigenvalue weighted by molar-refractivity contribution is -0.143. The molecular formula is C16H21NO4. The van der Waals surface area contributed by atoms with Crippen LogP contribution in [-0.4, -0.2) is 40.1 Å². The number of piperidine rings is 1. The fraction of sp³-hybridized carbons (Fsp3) is 0.500. The average Bonchev–Trinajstić information content (AvgIpc) is 2.46. The third-order valence-electron chi connectivity index (χ3n) is 3.96. The van der Waals surface area contributed by atoms with Crippen LogP contribution in [0.3, 0.4) is 0 Å². The van der Waals surface area contributed by atoms with Crippen molar-refractivity contribution in [2.24, 2.45) is 5.92 Å². The van der Waals surface area contributed by atoms with Crippen LogP contribution < -0.4 is 0 Å². The summed E-state index contributed by atoms with van der Waals surface area (Å²) in [6.45, 7) is 2.40. The van der Waals surface area contributed by atoms with Gasteiger partial charge in [-0.1, -0.05) is 24.3 Å². The van der Waals surface area contributed by atoms with E-state index in [9.17, 15) is 9.59 Å². The number of carboxylic acids is 2. The number of rotatable bonds is 6. The predicted molar refractivity (Wildman–Crippen MR) is 78.0 cm³/mol. The first-order chi connectivity index (χ1) is 10.0. The summed E-state index contributed by atoms with van der Waals surface area (Å²) >= 11 is 0. The van der Waals surface area contributed by atoms with Crippen LogP contribution in [0.1, 0.15) is 30.4 Å². The van der Waals surface area contributed by atoms with E-state index in [2.05, 4.69) is 4.90 Å². The van der Waals surface area contributed by atoms with Crippen molar-refractivity contribution in [2.45, 2.75) is 32.2 Å². The molecule has 0 spiro atoms. The molecule has 0 amide bonds. The second-order valence-electron chi connectivity index (χ2n) is 5.60. The molecule has 0 radical (unpaired) electrons. The number of nitrogens with zero attached hydrogens (tertiary/aromatic N) is 1. The Balaban J connectivity index is 1.87. The molecule has 2 N–H and O–H groups in total. The summed E-state index contributed by atoms with van der Waals surface area (Å²) in [5.74, 6) is -1.68. The quantitative estimate of drug-likeness (QED) is 0.838. The van der Waals surface area contributed by atoms with Gasteiger partial charge in [0, 0.05) is 13.0 Å². The number of aryl methyl sites for hydroxylation is 1. The van der Waals surface area contributed by atoms with Gasteiger partial charge in [0.2, 0.25) is 0 Å². The lowest BCUT2D eigenvalue weighted by Crippen LogP contribution is -2.35. The van der Waals surface area contributed by atoms with E-state index in [4.69, 9.17) is 10.2 Å². The van der Waals surface area contributed by atoms with Gasteiger partial charge in [-0.15, -0.1) is 0 Å². The fourth-order valence-corrected chi connectivity index (χ4v) is 2.73. The number of carbonyl (C=O) groups is 2. The molecule has 5 heteroatoms. The summed E-state index contributed by atoms with van der Waals surface area (Å²) in [6.07, 6.45) is 2.10. The van der Waals surface area contributed by atoms with Crippen LogP contribution in [0.2, 0.25) is 0 Å². The van der Waals surface area contributed by atoms with Crippen LogP contribution in [0.5, 0.6) is 0 Å². The third-order valence-corrected chi connectivity index (χ3v) is 3.96. The Morgan fingerprint density at radius 3 is 2.43 bits per heavy atom. The normalized spacial score (nSPS) is 16.8. The van der Waals surface area contributed by atoms with Crippen molar-refractivity contribution < 1.29 is 19.8 Å². The Bertz CT molecular complexity index is 507. The van der Waals surface area contributed by atoms with Crippen LogP contribution in [0.15, 0.2) is 24.3 Å². The molecule has 0 bridgehead atoms. The average molecular weight is 291 g/mol. The molecule has 1 saturated heterocycles. The summed E-state index contributed by atoms with van der Waals surface area (Å²) in [7, 11) is 0. The summed E-state index contributed by atoms with van der Waals surface area (Å²) in [5, 5.41) is 17.7. The number of benzene rings is 1. The molecule has 0 unspecified atom stereocenters. The maximum Gasteiger partial charge on any atom is 0.306 e. The first kappa shape index (κ1) is 15.5. The lowest BCUT2D eigenvalue weighted by atomic mass is 9.96.